The van der Waals surface area contributed by atoms with Crippen LogP contribution in [-0.4, -0.2) is 29.7 Å². The Morgan fingerprint density at radius 1 is 1.38 bits per heavy atom. The number of rotatable bonds is 4. The third kappa shape index (κ3) is 3.17. The number of hydrogen-bond acceptors (Lipinski definition) is 2. The van der Waals surface area contributed by atoms with E-state index in [4.69, 9.17) is 5.11 Å². The van der Waals surface area contributed by atoms with Gasteiger partial charge in [-0.1, -0.05) is 26.8 Å². The van der Waals surface area contributed by atoms with Gasteiger partial charge in [0.2, 0.25) is 0 Å². The Morgan fingerprint density at radius 3 is 2.67 bits per heavy atom. The van der Waals surface area contributed by atoms with Crippen molar-refractivity contribution in [3.8, 4) is 0 Å². The highest BCUT2D eigenvalue weighted by molar-refractivity contribution is 5.97. The molecule has 0 aromatic heterocycles. The minimum atomic E-state index is -0.973. The van der Waals surface area contributed by atoms with E-state index in [1.54, 1.807) is 23.1 Å². The average molecular weight is 290 g/mol. The normalized spacial score (nSPS) is 15.0. The van der Waals surface area contributed by atoms with Gasteiger partial charge < -0.3 is 10.4 Å². The molecule has 1 atom stereocenters. The van der Waals surface area contributed by atoms with Crippen LogP contribution in [0.25, 0.3) is 0 Å². The maximum atomic E-state index is 12.4. The van der Waals surface area contributed by atoms with Crippen LogP contribution in [0, 0.1) is 5.92 Å². The zero-order valence-corrected chi connectivity index (χ0v) is 12.7. The van der Waals surface area contributed by atoms with E-state index >= 15 is 0 Å². The molecular weight excluding hydrogens is 268 g/mol. The maximum absolute atomic E-state index is 12.4. The molecule has 2 rings (SSSR count). The molecule has 1 aliphatic rings. The van der Waals surface area contributed by atoms with Crippen LogP contribution in [0.5, 0.6) is 0 Å². The van der Waals surface area contributed by atoms with Crippen molar-refractivity contribution in [3.05, 3.63) is 29.3 Å². The number of anilines is 1. The lowest BCUT2D eigenvalue weighted by molar-refractivity contribution is 0.0697. The van der Waals surface area contributed by atoms with Crippen molar-refractivity contribution >= 4 is 17.7 Å². The lowest BCUT2D eigenvalue weighted by Crippen LogP contribution is -2.46. The van der Waals surface area contributed by atoms with Crippen LogP contribution >= 0.6 is 0 Å². The fraction of sp³-hybridized carbons (Fsp3) is 0.500. The van der Waals surface area contributed by atoms with Crippen molar-refractivity contribution in [2.45, 2.75) is 39.7 Å². The highest BCUT2D eigenvalue weighted by Gasteiger charge is 2.27. The number of nitrogens with zero attached hydrogens (tertiary/aromatic N) is 1. The van der Waals surface area contributed by atoms with Crippen LogP contribution in [0.1, 0.15) is 43.1 Å². The summed E-state index contributed by atoms with van der Waals surface area (Å²) in [5, 5.41) is 12.1. The highest BCUT2D eigenvalue weighted by atomic mass is 16.4. The van der Waals surface area contributed by atoms with Gasteiger partial charge >= 0.3 is 12.0 Å². The van der Waals surface area contributed by atoms with E-state index in [0.717, 1.165) is 18.4 Å². The third-order valence-corrected chi connectivity index (χ3v) is 4.03. The second-order valence-corrected chi connectivity index (χ2v) is 5.76. The zero-order valence-electron chi connectivity index (χ0n) is 12.7. The first-order valence-corrected chi connectivity index (χ1v) is 7.38. The van der Waals surface area contributed by atoms with Crippen LogP contribution in [0.4, 0.5) is 10.5 Å². The molecule has 1 aliphatic heterocycles. The summed E-state index contributed by atoms with van der Waals surface area (Å²) in [4.78, 5) is 25.1. The van der Waals surface area contributed by atoms with Gasteiger partial charge in [0.05, 0.1) is 5.56 Å². The van der Waals surface area contributed by atoms with Crippen molar-refractivity contribution in [1.82, 2.24) is 5.32 Å². The SMILES string of the molecule is CCC(NC(=O)N1CCc2ccc(C(=O)O)cc21)C(C)C. The summed E-state index contributed by atoms with van der Waals surface area (Å²) in [5.74, 6) is -0.606. The first-order valence-electron chi connectivity index (χ1n) is 7.38. The van der Waals surface area contributed by atoms with Crippen molar-refractivity contribution in [2.24, 2.45) is 5.92 Å². The Labute approximate surface area is 125 Å². The van der Waals surface area contributed by atoms with Gasteiger partial charge in [0.25, 0.3) is 0 Å². The topological polar surface area (TPSA) is 69.6 Å². The van der Waals surface area contributed by atoms with Gasteiger partial charge in [0, 0.05) is 18.3 Å². The number of hydrogen-bond donors (Lipinski definition) is 2. The molecule has 0 saturated heterocycles. The molecule has 0 saturated carbocycles. The van der Waals surface area contributed by atoms with Gasteiger partial charge in [-0.05, 0) is 36.5 Å². The second-order valence-electron chi connectivity index (χ2n) is 5.76. The Hall–Kier alpha value is -2.04. The van der Waals surface area contributed by atoms with E-state index < -0.39 is 5.97 Å². The molecule has 2 amide bonds. The smallest absolute Gasteiger partial charge is 0.335 e. The Bertz CT molecular complexity index is 554. The van der Waals surface area contributed by atoms with E-state index in [1.165, 1.54) is 0 Å². The van der Waals surface area contributed by atoms with E-state index in [-0.39, 0.29) is 17.6 Å². The lowest BCUT2D eigenvalue weighted by Gasteiger charge is -2.25. The van der Waals surface area contributed by atoms with Crippen LogP contribution < -0.4 is 10.2 Å². The average Bonchev–Trinajstić information content (AvgIpc) is 2.86. The summed E-state index contributed by atoms with van der Waals surface area (Å²) in [5.41, 5.74) is 1.95. The quantitative estimate of drug-likeness (QED) is 0.895. The molecule has 2 N–H and O–H groups in total. The number of urea groups is 1. The number of carboxylic acids is 1. The number of nitrogens with one attached hydrogen (secondary N) is 1. The number of benzene rings is 1. The van der Waals surface area contributed by atoms with Crippen molar-refractivity contribution in [1.29, 1.82) is 0 Å². The minimum Gasteiger partial charge on any atom is -0.478 e. The van der Waals surface area contributed by atoms with Crippen LogP contribution in [-0.2, 0) is 6.42 Å². The van der Waals surface area contributed by atoms with Gasteiger partial charge in [-0.2, -0.15) is 0 Å². The molecule has 0 aliphatic carbocycles. The van der Waals surface area contributed by atoms with E-state index in [0.29, 0.717) is 18.2 Å². The van der Waals surface area contributed by atoms with Crippen LogP contribution in [0.15, 0.2) is 18.2 Å². The summed E-state index contributed by atoms with van der Waals surface area (Å²) in [6.45, 7) is 6.80. The Morgan fingerprint density at radius 2 is 2.10 bits per heavy atom. The zero-order chi connectivity index (χ0) is 15.6. The summed E-state index contributed by atoms with van der Waals surface area (Å²) in [7, 11) is 0. The molecular formula is C16H22N2O3. The van der Waals surface area contributed by atoms with Gasteiger partial charge in [-0.15, -0.1) is 0 Å². The molecule has 5 heteroatoms. The van der Waals surface area contributed by atoms with Gasteiger partial charge in [0.1, 0.15) is 0 Å². The summed E-state index contributed by atoms with van der Waals surface area (Å²) in [6, 6.07) is 4.96. The van der Waals surface area contributed by atoms with E-state index in [1.807, 2.05) is 6.92 Å². The lowest BCUT2D eigenvalue weighted by atomic mass is 10.0. The third-order valence-electron chi connectivity index (χ3n) is 4.03. The summed E-state index contributed by atoms with van der Waals surface area (Å²) in [6.07, 6.45) is 1.64. The second kappa shape index (κ2) is 6.16. The van der Waals surface area contributed by atoms with Crippen LogP contribution in [0.2, 0.25) is 0 Å². The van der Waals surface area contributed by atoms with Crippen molar-refractivity contribution in [3.63, 3.8) is 0 Å². The first kappa shape index (κ1) is 15.4. The predicted octanol–water partition coefficient (Wildman–Crippen LogP) is 2.89. The molecule has 5 nitrogen and oxygen atoms in total. The largest absolute Gasteiger partial charge is 0.478 e. The fourth-order valence-corrected chi connectivity index (χ4v) is 2.70. The van der Waals surface area contributed by atoms with E-state index in [2.05, 4.69) is 19.2 Å². The number of carboxylic acid groups (broad SMARTS) is 1. The monoisotopic (exact) mass is 290 g/mol. The molecule has 0 radical (unpaired) electrons. The molecule has 1 unspecified atom stereocenters. The number of carbonyl (C=O) groups excluding carboxylic acids is 1. The van der Waals surface area contributed by atoms with Gasteiger partial charge in [0.15, 0.2) is 0 Å². The molecule has 114 valence electrons. The van der Waals surface area contributed by atoms with Gasteiger partial charge in [-0.25, -0.2) is 9.59 Å². The standard InChI is InChI=1S/C16H22N2O3/c1-4-13(10(2)3)17-16(21)18-8-7-11-5-6-12(15(19)20)9-14(11)18/h5-6,9-10,13H,4,7-8H2,1-3H3,(H,17,21)(H,19,20). The molecule has 21 heavy (non-hydrogen) atoms. The maximum Gasteiger partial charge on any atom is 0.335 e. The molecule has 1 heterocycles. The fourth-order valence-electron chi connectivity index (χ4n) is 2.70. The molecule has 1 aromatic rings. The van der Waals surface area contributed by atoms with Crippen molar-refractivity contribution in [2.75, 3.05) is 11.4 Å². The molecule has 0 fully saturated rings. The van der Waals surface area contributed by atoms with Crippen LogP contribution in [0.3, 0.4) is 0 Å². The molecule has 1 aromatic carbocycles. The number of amides is 2. The van der Waals surface area contributed by atoms with Crippen molar-refractivity contribution < 1.29 is 14.7 Å². The molecule has 0 spiro atoms. The summed E-state index contributed by atoms with van der Waals surface area (Å²) < 4.78 is 0. The Kier molecular flexibility index (Phi) is 4.50. The number of aromatic carboxylic acids is 1. The summed E-state index contributed by atoms with van der Waals surface area (Å²) >= 11 is 0. The number of carbonyl (C=O) groups is 2. The number of fused-ring (bicyclic) bond motifs is 1. The first-order chi connectivity index (χ1) is 9.93. The van der Waals surface area contributed by atoms with Gasteiger partial charge in [-0.3, -0.25) is 4.90 Å². The molecule has 0 bridgehead atoms. The van der Waals surface area contributed by atoms with E-state index in [9.17, 15) is 9.59 Å². The predicted molar refractivity (Wildman–Crippen MR) is 81.9 cm³/mol. The Balaban J connectivity index is 2.19. The minimum absolute atomic E-state index is 0.129. The highest BCUT2D eigenvalue weighted by Crippen LogP contribution is 2.29.